The quantitative estimate of drug-likeness (QED) is 0.590. The predicted octanol–water partition coefficient (Wildman–Crippen LogP) is 5.31. The summed E-state index contributed by atoms with van der Waals surface area (Å²) < 4.78 is 0. The van der Waals surface area contributed by atoms with Gasteiger partial charge in [-0.05, 0) is 18.4 Å². The highest BCUT2D eigenvalue weighted by atomic mass is 14.9. The van der Waals surface area contributed by atoms with Crippen LogP contribution < -0.4 is 0 Å². The summed E-state index contributed by atoms with van der Waals surface area (Å²) in [6.45, 7) is 2.26. The van der Waals surface area contributed by atoms with Crippen LogP contribution in [0.1, 0.15) is 63.0 Å². The highest BCUT2D eigenvalue weighted by Crippen LogP contribution is 2.17. The van der Waals surface area contributed by atoms with E-state index in [0.717, 1.165) is 12.0 Å². The van der Waals surface area contributed by atoms with Crippen LogP contribution in [0.2, 0.25) is 0 Å². The number of benzene rings is 1. The SMILES string of the molecule is CCCCCCCCCc1ccc(-c2ncc(C#N)cn2)cc1. The molecule has 120 valence electrons. The average molecular weight is 307 g/mol. The number of aromatic nitrogens is 2. The molecule has 1 heterocycles. The molecule has 2 rings (SSSR count). The van der Waals surface area contributed by atoms with Gasteiger partial charge in [0.15, 0.2) is 5.82 Å². The van der Waals surface area contributed by atoms with E-state index in [9.17, 15) is 0 Å². The molecule has 0 saturated carbocycles. The Labute approximate surface area is 139 Å². The van der Waals surface area contributed by atoms with Crippen molar-refractivity contribution in [3.8, 4) is 17.5 Å². The molecule has 0 fully saturated rings. The molecule has 23 heavy (non-hydrogen) atoms. The number of nitrogens with zero attached hydrogens (tertiary/aromatic N) is 3. The lowest BCUT2D eigenvalue weighted by molar-refractivity contribution is 0.589. The molecule has 3 heteroatoms. The third kappa shape index (κ3) is 5.83. The van der Waals surface area contributed by atoms with Gasteiger partial charge >= 0.3 is 0 Å². The van der Waals surface area contributed by atoms with Crippen LogP contribution in [-0.4, -0.2) is 9.97 Å². The van der Waals surface area contributed by atoms with Gasteiger partial charge in [-0.15, -0.1) is 0 Å². The molecular weight excluding hydrogens is 282 g/mol. The van der Waals surface area contributed by atoms with Crippen molar-refractivity contribution in [2.75, 3.05) is 0 Å². The molecule has 0 spiro atoms. The number of hydrogen-bond acceptors (Lipinski definition) is 3. The fraction of sp³-hybridized carbons (Fsp3) is 0.450. The van der Waals surface area contributed by atoms with Gasteiger partial charge in [0, 0.05) is 18.0 Å². The summed E-state index contributed by atoms with van der Waals surface area (Å²) in [6, 6.07) is 10.5. The predicted molar refractivity (Wildman–Crippen MR) is 93.9 cm³/mol. The summed E-state index contributed by atoms with van der Waals surface area (Å²) in [7, 11) is 0. The van der Waals surface area contributed by atoms with Crippen molar-refractivity contribution >= 4 is 0 Å². The number of hydrogen-bond donors (Lipinski definition) is 0. The molecule has 1 aromatic carbocycles. The number of aryl methyl sites for hydroxylation is 1. The van der Waals surface area contributed by atoms with Crippen LogP contribution in [-0.2, 0) is 6.42 Å². The standard InChI is InChI=1S/C20H25N3/c1-2-3-4-5-6-7-8-9-17-10-12-19(13-11-17)20-22-15-18(14-21)16-23-20/h10-13,15-16H,2-9H2,1H3. The third-order valence-electron chi connectivity index (χ3n) is 4.06. The molecule has 0 atom stereocenters. The van der Waals surface area contributed by atoms with Gasteiger partial charge in [0.05, 0.1) is 5.56 Å². The Hall–Kier alpha value is -2.21. The Morgan fingerprint density at radius 1 is 0.870 bits per heavy atom. The minimum atomic E-state index is 0.490. The minimum absolute atomic E-state index is 0.490. The van der Waals surface area contributed by atoms with E-state index >= 15 is 0 Å². The molecular formula is C20H25N3. The fourth-order valence-corrected chi connectivity index (χ4v) is 2.64. The molecule has 0 N–H and O–H groups in total. The molecule has 3 nitrogen and oxygen atoms in total. The van der Waals surface area contributed by atoms with Crippen molar-refractivity contribution in [3.05, 3.63) is 47.8 Å². The average Bonchev–Trinajstić information content (AvgIpc) is 2.61. The van der Waals surface area contributed by atoms with Crippen molar-refractivity contribution in [3.63, 3.8) is 0 Å². The van der Waals surface area contributed by atoms with E-state index in [4.69, 9.17) is 5.26 Å². The lowest BCUT2D eigenvalue weighted by atomic mass is 10.0. The normalized spacial score (nSPS) is 10.4. The van der Waals surface area contributed by atoms with Crippen LogP contribution in [0, 0.1) is 11.3 Å². The van der Waals surface area contributed by atoms with E-state index in [-0.39, 0.29) is 0 Å². The van der Waals surface area contributed by atoms with Gasteiger partial charge in [0.1, 0.15) is 6.07 Å². The maximum Gasteiger partial charge on any atom is 0.159 e. The molecule has 0 aliphatic rings. The van der Waals surface area contributed by atoms with Crippen LogP contribution in [0.25, 0.3) is 11.4 Å². The van der Waals surface area contributed by atoms with E-state index in [1.165, 1.54) is 50.5 Å². The summed E-state index contributed by atoms with van der Waals surface area (Å²) in [5, 5.41) is 8.77. The highest BCUT2D eigenvalue weighted by Gasteiger charge is 2.02. The van der Waals surface area contributed by atoms with Gasteiger partial charge in [-0.25, -0.2) is 9.97 Å². The van der Waals surface area contributed by atoms with Crippen molar-refractivity contribution < 1.29 is 0 Å². The molecule has 0 bridgehead atoms. The first-order valence-corrected chi connectivity index (χ1v) is 8.65. The zero-order valence-electron chi connectivity index (χ0n) is 14.0. The number of nitriles is 1. The molecule has 0 aliphatic carbocycles. The van der Waals surface area contributed by atoms with E-state index in [1.807, 2.05) is 6.07 Å². The minimum Gasteiger partial charge on any atom is -0.235 e. The second kappa shape index (κ2) is 9.74. The van der Waals surface area contributed by atoms with Gasteiger partial charge in [0.25, 0.3) is 0 Å². The number of unbranched alkanes of at least 4 members (excludes halogenated alkanes) is 6. The first-order valence-electron chi connectivity index (χ1n) is 8.65. The van der Waals surface area contributed by atoms with Gasteiger partial charge in [-0.2, -0.15) is 5.26 Å². The molecule has 0 radical (unpaired) electrons. The Balaban J connectivity index is 1.77. The maximum atomic E-state index is 8.77. The van der Waals surface area contributed by atoms with Crippen LogP contribution >= 0.6 is 0 Å². The lowest BCUT2D eigenvalue weighted by Crippen LogP contribution is -1.91. The van der Waals surface area contributed by atoms with Crippen molar-refractivity contribution in [1.29, 1.82) is 5.26 Å². The molecule has 0 unspecified atom stereocenters. The van der Waals surface area contributed by atoms with E-state index in [0.29, 0.717) is 11.4 Å². The van der Waals surface area contributed by atoms with Gasteiger partial charge in [0.2, 0.25) is 0 Å². The Bertz CT molecular complexity index is 609. The van der Waals surface area contributed by atoms with Crippen molar-refractivity contribution in [2.45, 2.75) is 58.3 Å². The molecule has 0 saturated heterocycles. The molecule has 2 aromatic rings. The molecule has 1 aromatic heterocycles. The Morgan fingerprint density at radius 2 is 1.48 bits per heavy atom. The molecule has 0 amide bonds. The fourth-order valence-electron chi connectivity index (χ4n) is 2.64. The van der Waals surface area contributed by atoms with Crippen LogP contribution in [0.5, 0.6) is 0 Å². The first kappa shape index (κ1) is 17.1. The third-order valence-corrected chi connectivity index (χ3v) is 4.06. The summed E-state index contributed by atoms with van der Waals surface area (Å²) in [5.74, 6) is 0.673. The summed E-state index contributed by atoms with van der Waals surface area (Å²) in [5.41, 5.74) is 2.86. The van der Waals surface area contributed by atoms with Crippen molar-refractivity contribution in [2.24, 2.45) is 0 Å². The lowest BCUT2D eigenvalue weighted by Gasteiger charge is -2.04. The number of rotatable bonds is 9. The Kier molecular flexibility index (Phi) is 7.26. The monoisotopic (exact) mass is 307 g/mol. The van der Waals surface area contributed by atoms with E-state index < -0.39 is 0 Å². The first-order chi connectivity index (χ1) is 11.3. The van der Waals surface area contributed by atoms with Gasteiger partial charge in [-0.3, -0.25) is 0 Å². The van der Waals surface area contributed by atoms with Crippen molar-refractivity contribution in [1.82, 2.24) is 9.97 Å². The van der Waals surface area contributed by atoms with Gasteiger partial charge < -0.3 is 0 Å². The second-order valence-corrected chi connectivity index (χ2v) is 5.98. The van der Waals surface area contributed by atoms with Crippen LogP contribution in [0.3, 0.4) is 0 Å². The van der Waals surface area contributed by atoms with E-state index in [2.05, 4.69) is 41.2 Å². The largest absolute Gasteiger partial charge is 0.235 e. The van der Waals surface area contributed by atoms with E-state index in [1.54, 1.807) is 12.4 Å². The van der Waals surface area contributed by atoms with Crippen LogP contribution in [0.4, 0.5) is 0 Å². The van der Waals surface area contributed by atoms with Gasteiger partial charge in [-0.1, -0.05) is 69.7 Å². The molecule has 0 aliphatic heterocycles. The van der Waals surface area contributed by atoms with Crippen LogP contribution in [0.15, 0.2) is 36.7 Å². The summed E-state index contributed by atoms with van der Waals surface area (Å²) in [6.07, 6.45) is 13.7. The maximum absolute atomic E-state index is 8.77. The Morgan fingerprint density at radius 3 is 2.09 bits per heavy atom. The summed E-state index contributed by atoms with van der Waals surface area (Å²) in [4.78, 5) is 8.45. The highest BCUT2D eigenvalue weighted by molar-refractivity contribution is 5.55. The zero-order valence-corrected chi connectivity index (χ0v) is 14.0. The topological polar surface area (TPSA) is 49.6 Å². The summed E-state index contributed by atoms with van der Waals surface area (Å²) >= 11 is 0. The smallest absolute Gasteiger partial charge is 0.159 e. The second-order valence-electron chi connectivity index (χ2n) is 5.98. The zero-order chi connectivity index (χ0) is 16.3.